The van der Waals surface area contributed by atoms with Crippen LogP contribution in [0.4, 0.5) is 10.5 Å². The van der Waals surface area contributed by atoms with E-state index in [0.717, 1.165) is 29.8 Å². The van der Waals surface area contributed by atoms with E-state index >= 15 is 0 Å². The molecule has 4 rings (SSSR count). The number of urea groups is 1. The lowest BCUT2D eigenvalue weighted by Gasteiger charge is -2.30. The van der Waals surface area contributed by atoms with Gasteiger partial charge in [-0.05, 0) is 42.7 Å². The first-order chi connectivity index (χ1) is 13.9. The summed E-state index contributed by atoms with van der Waals surface area (Å²) in [6.45, 7) is 1.22. The van der Waals surface area contributed by atoms with E-state index in [2.05, 4.69) is 10.3 Å². The number of amides is 2. The van der Waals surface area contributed by atoms with Gasteiger partial charge in [0.25, 0.3) is 0 Å². The van der Waals surface area contributed by atoms with Crippen LogP contribution in [-0.4, -0.2) is 43.7 Å². The third-order valence-electron chi connectivity index (χ3n) is 5.05. The normalized spacial score (nSPS) is 15.6. The Labute approximate surface area is 169 Å². The fourth-order valence-electron chi connectivity index (χ4n) is 3.64. The number of sulfone groups is 1. The molecule has 3 aromatic rings. The Kier molecular flexibility index (Phi) is 5.27. The molecule has 8 heteroatoms. The Hall–Kier alpha value is -2.87. The second-order valence-electron chi connectivity index (χ2n) is 7.48. The van der Waals surface area contributed by atoms with Crippen LogP contribution in [0.3, 0.4) is 0 Å². The molecule has 1 N–H and O–H groups in total. The van der Waals surface area contributed by atoms with Crippen molar-refractivity contribution in [1.29, 1.82) is 0 Å². The molecule has 152 valence electrons. The minimum absolute atomic E-state index is 0.0490. The molecule has 1 saturated heterocycles. The first-order valence-corrected chi connectivity index (χ1v) is 11.6. The molecular formula is C21H23N3O4S. The molecule has 29 heavy (non-hydrogen) atoms. The van der Waals surface area contributed by atoms with Gasteiger partial charge >= 0.3 is 6.03 Å². The molecule has 7 nitrogen and oxygen atoms in total. The van der Waals surface area contributed by atoms with Crippen LogP contribution in [0.1, 0.15) is 30.2 Å². The van der Waals surface area contributed by atoms with Crippen molar-refractivity contribution in [2.24, 2.45) is 0 Å². The minimum atomic E-state index is -3.12. The molecule has 0 saturated carbocycles. The summed E-state index contributed by atoms with van der Waals surface area (Å²) >= 11 is 0. The van der Waals surface area contributed by atoms with Gasteiger partial charge in [0.15, 0.2) is 21.3 Å². The average Bonchev–Trinajstić information content (AvgIpc) is 3.11. The number of nitrogens with one attached hydrogen (secondary N) is 1. The van der Waals surface area contributed by atoms with Gasteiger partial charge in [-0.25, -0.2) is 18.2 Å². The van der Waals surface area contributed by atoms with Crippen molar-refractivity contribution in [1.82, 2.24) is 9.88 Å². The highest BCUT2D eigenvalue weighted by molar-refractivity contribution is 7.89. The van der Waals surface area contributed by atoms with Gasteiger partial charge in [0, 0.05) is 31.0 Å². The van der Waals surface area contributed by atoms with Gasteiger partial charge in [-0.3, -0.25) is 0 Å². The molecule has 1 aromatic heterocycles. The summed E-state index contributed by atoms with van der Waals surface area (Å²) in [5.74, 6) is 0.886. The number of hydrogen-bond acceptors (Lipinski definition) is 5. The number of aromatic nitrogens is 1. The van der Waals surface area contributed by atoms with Crippen LogP contribution in [0.2, 0.25) is 0 Å². The molecule has 0 aliphatic carbocycles. The van der Waals surface area contributed by atoms with E-state index < -0.39 is 9.84 Å². The summed E-state index contributed by atoms with van der Waals surface area (Å²) in [6, 6.07) is 14.5. The minimum Gasteiger partial charge on any atom is -0.440 e. The summed E-state index contributed by atoms with van der Waals surface area (Å²) in [7, 11) is -3.12. The summed E-state index contributed by atoms with van der Waals surface area (Å²) in [5.41, 5.74) is 2.89. The molecule has 1 aliphatic rings. The van der Waals surface area contributed by atoms with Crippen molar-refractivity contribution in [3.8, 4) is 0 Å². The Bertz CT molecular complexity index is 1100. The van der Waals surface area contributed by atoms with Gasteiger partial charge < -0.3 is 14.6 Å². The number of hydrogen-bond donors (Lipinski definition) is 1. The molecule has 1 fully saturated rings. The molecule has 0 spiro atoms. The van der Waals surface area contributed by atoms with Crippen LogP contribution >= 0.6 is 0 Å². The molecule has 0 unspecified atom stereocenters. The monoisotopic (exact) mass is 413 g/mol. The van der Waals surface area contributed by atoms with Crippen molar-refractivity contribution < 1.29 is 17.6 Å². The molecule has 2 heterocycles. The lowest BCUT2D eigenvalue weighted by molar-refractivity contribution is 0.190. The van der Waals surface area contributed by atoms with Gasteiger partial charge in [0.1, 0.15) is 5.52 Å². The zero-order chi connectivity index (χ0) is 20.4. The lowest BCUT2D eigenvalue weighted by atomic mass is 9.97. The number of nitrogens with zero attached hydrogens (tertiary/aromatic N) is 2. The summed E-state index contributed by atoms with van der Waals surface area (Å²) in [5, 5.41) is 2.87. The quantitative estimate of drug-likeness (QED) is 0.703. The summed E-state index contributed by atoms with van der Waals surface area (Å²) in [4.78, 5) is 18.9. The van der Waals surface area contributed by atoms with E-state index in [9.17, 15) is 13.2 Å². The standard InChI is InChI=1S/C21H23N3O4S/c1-29(26,27)14-15-5-4-6-17(13-15)22-21(25)24-11-9-16(10-12-24)20-23-18-7-2-3-8-19(18)28-20/h2-8,13,16H,9-12,14H2,1H3,(H,22,25). The first-order valence-electron chi connectivity index (χ1n) is 9.55. The number of anilines is 1. The molecule has 0 atom stereocenters. The van der Waals surface area contributed by atoms with Gasteiger partial charge in [0.2, 0.25) is 0 Å². The fourth-order valence-corrected chi connectivity index (χ4v) is 4.42. The number of piperidine rings is 1. The Balaban J connectivity index is 1.36. The van der Waals surface area contributed by atoms with Crippen LogP contribution in [0.15, 0.2) is 52.9 Å². The van der Waals surface area contributed by atoms with E-state index in [1.165, 1.54) is 6.26 Å². The Morgan fingerprint density at radius 3 is 2.66 bits per heavy atom. The third kappa shape index (κ3) is 4.76. The predicted octanol–water partition coefficient (Wildman–Crippen LogP) is 3.78. The zero-order valence-electron chi connectivity index (χ0n) is 16.2. The van der Waals surface area contributed by atoms with Crippen molar-refractivity contribution in [3.63, 3.8) is 0 Å². The predicted molar refractivity (Wildman–Crippen MR) is 112 cm³/mol. The summed E-state index contributed by atoms with van der Waals surface area (Å²) in [6.07, 6.45) is 2.77. The van der Waals surface area contributed by atoms with E-state index in [-0.39, 0.29) is 17.7 Å². The van der Waals surface area contributed by atoms with E-state index in [1.54, 1.807) is 29.2 Å². The van der Waals surface area contributed by atoms with E-state index in [4.69, 9.17) is 4.42 Å². The highest BCUT2D eigenvalue weighted by Crippen LogP contribution is 2.30. The highest BCUT2D eigenvalue weighted by atomic mass is 32.2. The van der Waals surface area contributed by atoms with Crippen LogP contribution in [0, 0.1) is 0 Å². The fraction of sp³-hybridized carbons (Fsp3) is 0.333. The Morgan fingerprint density at radius 2 is 1.93 bits per heavy atom. The van der Waals surface area contributed by atoms with Gasteiger partial charge in [-0.15, -0.1) is 0 Å². The molecule has 2 aromatic carbocycles. The smallest absolute Gasteiger partial charge is 0.321 e. The van der Waals surface area contributed by atoms with Crippen LogP contribution < -0.4 is 5.32 Å². The molecule has 0 radical (unpaired) electrons. The van der Waals surface area contributed by atoms with E-state index in [0.29, 0.717) is 24.3 Å². The van der Waals surface area contributed by atoms with Crippen molar-refractivity contribution in [3.05, 3.63) is 60.0 Å². The van der Waals surface area contributed by atoms with Gasteiger partial charge in [-0.2, -0.15) is 0 Å². The molecular weight excluding hydrogens is 390 g/mol. The van der Waals surface area contributed by atoms with E-state index in [1.807, 2.05) is 24.3 Å². The number of oxazole rings is 1. The number of carbonyl (C=O) groups excluding carboxylic acids is 1. The van der Waals surface area contributed by atoms with Gasteiger partial charge in [-0.1, -0.05) is 24.3 Å². The highest BCUT2D eigenvalue weighted by Gasteiger charge is 2.27. The van der Waals surface area contributed by atoms with Crippen molar-refractivity contribution >= 4 is 32.7 Å². The Morgan fingerprint density at radius 1 is 1.17 bits per heavy atom. The van der Waals surface area contributed by atoms with Crippen molar-refractivity contribution in [2.45, 2.75) is 24.5 Å². The number of para-hydroxylation sites is 2. The second-order valence-corrected chi connectivity index (χ2v) is 9.62. The molecule has 1 aliphatic heterocycles. The van der Waals surface area contributed by atoms with Crippen LogP contribution in [0.5, 0.6) is 0 Å². The SMILES string of the molecule is CS(=O)(=O)Cc1cccc(NC(=O)N2CCC(c3nc4ccccc4o3)CC2)c1. The molecule has 0 bridgehead atoms. The number of benzene rings is 2. The first kappa shape index (κ1) is 19.4. The summed E-state index contributed by atoms with van der Waals surface area (Å²) < 4.78 is 28.8. The topological polar surface area (TPSA) is 92.5 Å². The largest absolute Gasteiger partial charge is 0.440 e. The zero-order valence-corrected chi connectivity index (χ0v) is 17.0. The van der Waals surface area contributed by atoms with Crippen LogP contribution in [0.25, 0.3) is 11.1 Å². The third-order valence-corrected chi connectivity index (χ3v) is 5.91. The number of fused-ring (bicyclic) bond motifs is 1. The second kappa shape index (κ2) is 7.87. The lowest BCUT2D eigenvalue weighted by Crippen LogP contribution is -2.40. The van der Waals surface area contributed by atoms with Crippen molar-refractivity contribution in [2.75, 3.05) is 24.7 Å². The number of rotatable bonds is 4. The molecule has 2 amide bonds. The maximum absolute atomic E-state index is 12.6. The maximum Gasteiger partial charge on any atom is 0.321 e. The van der Waals surface area contributed by atoms with Gasteiger partial charge in [0.05, 0.1) is 5.75 Å². The maximum atomic E-state index is 12.6. The average molecular weight is 413 g/mol. The van der Waals surface area contributed by atoms with Crippen LogP contribution in [-0.2, 0) is 15.6 Å². The number of carbonyl (C=O) groups is 1. The number of likely N-dealkylation sites (tertiary alicyclic amines) is 1.